The summed E-state index contributed by atoms with van der Waals surface area (Å²) in [6.45, 7) is 0. The van der Waals surface area contributed by atoms with Crippen LogP contribution in [0.15, 0.2) is 247 Å². The Hall–Kier alpha value is -9.99. The average molecular weight is 936 g/mol. The number of hydrogen-bond donors (Lipinski definition) is 1. The Morgan fingerprint density at radius 1 is 0.370 bits per heavy atom. The van der Waals surface area contributed by atoms with Crippen LogP contribution in [0.2, 0.25) is 0 Å². The van der Waals surface area contributed by atoms with E-state index in [2.05, 4.69) is 201 Å². The monoisotopic (exact) mass is 935 g/mol. The molecule has 10 aromatic carbocycles. The van der Waals surface area contributed by atoms with Crippen molar-refractivity contribution in [3.05, 3.63) is 248 Å². The minimum Gasteiger partial charge on any atom is -0.331 e. The molecule has 9 nitrogen and oxygen atoms in total. The van der Waals surface area contributed by atoms with Crippen molar-refractivity contribution in [2.24, 2.45) is 9.98 Å². The fourth-order valence-corrected chi connectivity index (χ4v) is 11.1. The van der Waals surface area contributed by atoms with Gasteiger partial charge in [-0.3, -0.25) is 9.13 Å². The highest BCUT2D eigenvalue weighted by molar-refractivity contribution is 6.24. The molecule has 0 fully saturated rings. The van der Waals surface area contributed by atoms with Crippen LogP contribution in [-0.4, -0.2) is 40.3 Å². The number of aliphatic imine (C=N–C) groups is 2. The van der Waals surface area contributed by atoms with Crippen LogP contribution in [0.5, 0.6) is 0 Å². The van der Waals surface area contributed by atoms with Crippen LogP contribution in [0.25, 0.3) is 111 Å². The third-order valence-corrected chi connectivity index (χ3v) is 14.3. The number of para-hydroxylation sites is 3. The van der Waals surface area contributed by atoms with E-state index in [-0.39, 0.29) is 0 Å². The minimum absolute atomic E-state index is 0.545. The highest BCUT2D eigenvalue weighted by Crippen LogP contribution is 2.43. The number of hydrogen-bond acceptors (Lipinski definition) is 6. The molecule has 1 N–H and O–H groups in total. The van der Waals surface area contributed by atoms with Crippen molar-refractivity contribution in [2.75, 3.05) is 0 Å². The minimum atomic E-state index is -0.596. The molecule has 5 heterocycles. The Balaban J connectivity index is 1.02. The number of rotatable bonds is 7. The molecule has 15 rings (SSSR count). The molecule has 73 heavy (non-hydrogen) atoms. The van der Waals surface area contributed by atoms with E-state index >= 15 is 0 Å². The molecule has 1 atom stereocenters. The van der Waals surface area contributed by atoms with Crippen LogP contribution < -0.4 is 5.32 Å². The average Bonchev–Trinajstić information content (AvgIpc) is 4.12. The first kappa shape index (κ1) is 40.9. The fourth-order valence-electron chi connectivity index (χ4n) is 11.1. The zero-order chi connectivity index (χ0) is 48.0. The van der Waals surface area contributed by atoms with Gasteiger partial charge >= 0.3 is 0 Å². The second-order valence-corrected chi connectivity index (χ2v) is 18.5. The summed E-state index contributed by atoms with van der Waals surface area (Å²) in [5.41, 5.74) is 11.0. The van der Waals surface area contributed by atoms with Gasteiger partial charge in [-0.2, -0.15) is 9.97 Å². The molecule has 0 saturated heterocycles. The molecule has 0 bridgehead atoms. The lowest BCUT2D eigenvalue weighted by atomic mass is 10.0. The van der Waals surface area contributed by atoms with Crippen LogP contribution in [0.3, 0.4) is 0 Å². The zero-order valence-corrected chi connectivity index (χ0v) is 39.2. The highest BCUT2D eigenvalue weighted by Gasteiger charge is 2.28. The standard InChI is InChI=1S/C64H41N9/c1-5-20-41(21-6-1)59-65-60(42-22-7-2-8-23-42)69-64(68-59)73-54-37-34-44(39-51(54)49-36-35-48-47-29-15-17-31-52(47)71(57(48)58(49)73)45-26-11-4-12-27-45)62-66-61(43-24-9-3-10-25-43)67-63(70-62)72-53-32-18-16-30-50(53)56-46-28-14-13-19-40(46)33-38-55(56)72/h1-39,64H,(H,65,68,69). The maximum absolute atomic E-state index is 5.50. The first-order valence-electron chi connectivity index (χ1n) is 24.5. The molecule has 0 radical (unpaired) electrons. The number of nitrogens with zero attached hydrogens (tertiary/aromatic N) is 8. The predicted molar refractivity (Wildman–Crippen MR) is 298 cm³/mol. The number of nitrogens with one attached hydrogen (secondary N) is 1. The van der Waals surface area contributed by atoms with Gasteiger partial charge in [-0.05, 0) is 59.3 Å². The molecule has 342 valence electrons. The molecule has 0 amide bonds. The fraction of sp³-hybridized carbons (Fsp3) is 0.0156. The molecule has 1 aliphatic rings. The van der Waals surface area contributed by atoms with E-state index in [0.29, 0.717) is 23.4 Å². The van der Waals surface area contributed by atoms with Crippen molar-refractivity contribution in [3.8, 4) is 34.4 Å². The van der Waals surface area contributed by atoms with Crippen molar-refractivity contribution in [1.82, 2.24) is 34.0 Å². The van der Waals surface area contributed by atoms with Crippen LogP contribution in [0.1, 0.15) is 17.4 Å². The van der Waals surface area contributed by atoms with Gasteiger partial charge in [-0.15, -0.1) is 0 Å². The summed E-state index contributed by atoms with van der Waals surface area (Å²) in [5, 5.41) is 12.9. The van der Waals surface area contributed by atoms with E-state index in [4.69, 9.17) is 24.9 Å². The van der Waals surface area contributed by atoms with Gasteiger partial charge in [0.1, 0.15) is 5.84 Å². The van der Waals surface area contributed by atoms with E-state index in [1.165, 1.54) is 21.5 Å². The van der Waals surface area contributed by atoms with Gasteiger partial charge in [-0.1, -0.05) is 188 Å². The molecule has 4 aromatic heterocycles. The van der Waals surface area contributed by atoms with Crippen molar-refractivity contribution in [2.45, 2.75) is 6.29 Å². The van der Waals surface area contributed by atoms with Crippen LogP contribution >= 0.6 is 0 Å². The van der Waals surface area contributed by atoms with E-state index in [1.807, 2.05) is 54.6 Å². The second kappa shape index (κ2) is 16.3. The van der Waals surface area contributed by atoms with Crippen molar-refractivity contribution in [1.29, 1.82) is 0 Å². The first-order chi connectivity index (χ1) is 36.2. The molecule has 0 aliphatic carbocycles. The Kier molecular flexibility index (Phi) is 9.12. The quantitative estimate of drug-likeness (QED) is 0.172. The lowest BCUT2D eigenvalue weighted by molar-refractivity contribution is 0.516. The topological polar surface area (TPSA) is 90.2 Å². The van der Waals surface area contributed by atoms with Gasteiger partial charge in [0.05, 0.1) is 33.1 Å². The summed E-state index contributed by atoms with van der Waals surface area (Å²) in [6.07, 6.45) is -0.596. The van der Waals surface area contributed by atoms with Gasteiger partial charge < -0.3 is 9.88 Å². The van der Waals surface area contributed by atoms with Crippen molar-refractivity contribution in [3.63, 3.8) is 0 Å². The maximum atomic E-state index is 5.50. The van der Waals surface area contributed by atoms with Crippen molar-refractivity contribution < 1.29 is 0 Å². The smallest absolute Gasteiger partial charge is 0.238 e. The SMILES string of the molecule is c1ccc(C2=NC(n3c4ccc(-c5nc(-c6ccccc6)nc(-n6c7ccccc7c7c8ccccc8ccc76)n5)cc4c4ccc5c6ccccc6n(-c6ccccc6)c5c43)NC(c3ccccc3)=N2)cc1. The van der Waals surface area contributed by atoms with Crippen LogP contribution in [0, 0.1) is 0 Å². The third kappa shape index (κ3) is 6.45. The van der Waals surface area contributed by atoms with E-state index in [9.17, 15) is 0 Å². The maximum Gasteiger partial charge on any atom is 0.238 e. The summed E-state index contributed by atoms with van der Waals surface area (Å²) < 4.78 is 6.97. The summed E-state index contributed by atoms with van der Waals surface area (Å²) in [7, 11) is 0. The van der Waals surface area contributed by atoms with Gasteiger partial charge in [0, 0.05) is 60.3 Å². The van der Waals surface area contributed by atoms with E-state index in [0.717, 1.165) is 88.4 Å². The largest absolute Gasteiger partial charge is 0.331 e. The predicted octanol–water partition coefficient (Wildman–Crippen LogP) is 14.6. The zero-order valence-electron chi connectivity index (χ0n) is 39.2. The van der Waals surface area contributed by atoms with Gasteiger partial charge in [-0.25, -0.2) is 15.0 Å². The summed E-state index contributed by atoms with van der Waals surface area (Å²) in [5.74, 6) is 3.09. The third-order valence-electron chi connectivity index (χ3n) is 14.3. The van der Waals surface area contributed by atoms with Crippen molar-refractivity contribution >= 4 is 87.9 Å². The molecule has 14 aromatic rings. The second-order valence-electron chi connectivity index (χ2n) is 18.5. The van der Waals surface area contributed by atoms with Gasteiger partial charge in [0.2, 0.25) is 12.2 Å². The Morgan fingerprint density at radius 3 is 1.68 bits per heavy atom. The van der Waals surface area contributed by atoms with Gasteiger partial charge in [0.25, 0.3) is 0 Å². The van der Waals surface area contributed by atoms with E-state index < -0.39 is 6.29 Å². The first-order valence-corrected chi connectivity index (χ1v) is 24.5. The van der Waals surface area contributed by atoms with Gasteiger partial charge in [0.15, 0.2) is 17.5 Å². The molecular weight excluding hydrogens is 895 g/mol. The Morgan fingerprint density at radius 2 is 0.945 bits per heavy atom. The number of fused-ring (bicyclic) bond motifs is 12. The molecule has 9 heteroatoms. The van der Waals surface area contributed by atoms with Crippen LogP contribution in [-0.2, 0) is 0 Å². The summed E-state index contributed by atoms with van der Waals surface area (Å²) in [6, 6.07) is 82.7. The molecular formula is C64H41N9. The Bertz CT molecular complexity index is 4570. The lowest BCUT2D eigenvalue weighted by Crippen LogP contribution is -2.36. The van der Waals surface area contributed by atoms with Crippen LogP contribution in [0.4, 0.5) is 0 Å². The summed E-state index contributed by atoms with van der Waals surface area (Å²) in [4.78, 5) is 26.7. The highest BCUT2D eigenvalue weighted by atomic mass is 15.3. The molecule has 0 saturated carbocycles. The molecule has 0 spiro atoms. The normalized spacial score (nSPS) is 13.9. The Labute approximate surface area is 418 Å². The molecule has 1 aliphatic heterocycles. The number of benzene rings is 10. The van der Waals surface area contributed by atoms with E-state index in [1.54, 1.807) is 0 Å². The number of amidine groups is 2. The molecule has 1 unspecified atom stereocenters. The number of aromatic nitrogens is 6. The lowest BCUT2D eigenvalue weighted by Gasteiger charge is -2.26. The summed E-state index contributed by atoms with van der Waals surface area (Å²) >= 11 is 0.